The van der Waals surface area contributed by atoms with Gasteiger partial charge in [-0.15, -0.1) is 11.3 Å². The molecule has 0 aliphatic heterocycles. The molecule has 3 nitrogen and oxygen atoms in total. The average molecular weight is 241 g/mol. The molecule has 1 heterocycles. The molecule has 0 bridgehead atoms. The first-order valence-corrected chi connectivity index (χ1v) is 6.45. The first-order valence-electron chi connectivity index (χ1n) is 5.57. The van der Waals surface area contributed by atoms with Gasteiger partial charge in [-0.2, -0.15) is 0 Å². The number of esters is 1. The van der Waals surface area contributed by atoms with Crippen molar-refractivity contribution in [3.63, 3.8) is 0 Å². The average Bonchev–Trinajstić information content (AvgIpc) is 2.76. The summed E-state index contributed by atoms with van der Waals surface area (Å²) in [5, 5.41) is 1.90. The molecule has 0 amide bonds. The summed E-state index contributed by atoms with van der Waals surface area (Å²) < 4.78 is 5.12. The molecule has 16 heavy (non-hydrogen) atoms. The molecule has 0 saturated heterocycles. The van der Waals surface area contributed by atoms with E-state index in [9.17, 15) is 4.79 Å². The summed E-state index contributed by atoms with van der Waals surface area (Å²) in [6.45, 7) is 4.77. The SMILES string of the molecule is CC(C)CCCOC(=O)C(N)c1cccs1. The molecule has 0 aliphatic rings. The van der Waals surface area contributed by atoms with E-state index in [4.69, 9.17) is 10.5 Å². The van der Waals surface area contributed by atoms with E-state index in [0.29, 0.717) is 12.5 Å². The Kier molecular flexibility index (Phi) is 5.49. The van der Waals surface area contributed by atoms with Gasteiger partial charge in [-0.3, -0.25) is 0 Å². The summed E-state index contributed by atoms with van der Waals surface area (Å²) in [6, 6.07) is 3.11. The third-order valence-electron chi connectivity index (χ3n) is 2.27. The van der Waals surface area contributed by atoms with Gasteiger partial charge < -0.3 is 10.5 Å². The van der Waals surface area contributed by atoms with Gasteiger partial charge >= 0.3 is 5.97 Å². The maximum absolute atomic E-state index is 11.5. The minimum atomic E-state index is -0.626. The van der Waals surface area contributed by atoms with Crippen molar-refractivity contribution in [2.75, 3.05) is 6.61 Å². The van der Waals surface area contributed by atoms with Crippen molar-refractivity contribution in [2.24, 2.45) is 11.7 Å². The summed E-state index contributed by atoms with van der Waals surface area (Å²) >= 11 is 1.48. The molecule has 4 heteroatoms. The Morgan fingerprint density at radius 1 is 1.56 bits per heavy atom. The predicted molar refractivity (Wildman–Crippen MR) is 66.3 cm³/mol. The van der Waals surface area contributed by atoms with E-state index in [1.165, 1.54) is 11.3 Å². The van der Waals surface area contributed by atoms with Gasteiger partial charge in [-0.05, 0) is 30.2 Å². The standard InChI is InChI=1S/C12H19NO2S/c1-9(2)5-3-7-15-12(14)11(13)10-6-4-8-16-10/h4,6,8-9,11H,3,5,7,13H2,1-2H3. The van der Waals surface area contributed by atoms with Crippen molar-refractivity contribution < 1.29 is 9.53 Å². The number of rotatable bonds is 6. The van der Waals surface area contributed by atoms with E-state index in [-0.39, 0.29) is 5.97 Å². The Bertz CT molecular complexity index is 309. The molecule has 1 aromatic rings. The molecule has 0 aliphatic carbocycles. The zero-order valence-electron chi connectivity index (χ0n) is 9.81. The van der Waals surface area contributed by atoms with Gasteiger partial charge in [0.25, 0.3) is 0 Å². The lowest BCUT2D eigenvalue weighted by molar-refractivity contribution is -0.145. The van der Waals surface area contributed by atoms with Crippen LogP contribution in [0.25, 0.3) is 0 Å². The Labute approximate surface area is 101 Å². The maximum atomic E-state index is 11.5. The van der Waals surface area contributed by atoms with E-state index < -0.39 is 6.04 Å². The van der Waals surface area contributed by atoms with Crippen LogP contribution in [0.1, 0.15) is 37.6 Å². The molecule has 1 aromatic heterocycles. The van der Waals surface area contributed by atoms with Crippen LogP contribution in [-0.2, 0) is 9.53 Å². The summed E-state index contributed by atoms with van der Waals surface area (Å²) in [5.74, 6) is 0.316. The van der Waals surface area contributed by atoms with Crippen LogP contribution < -0.4 is 5.73 Å². The van der Waals surface area contributed by atoms with Gasteiger partial charge in [0.1, 0.15) is 6.04 Å². The topological polar surface area (TPSA) is 52.3 Å². The van der Waals surface area contributed by atoms with Crippen molar-refractivity contribution in [1.82, 2.24) is 0 Å². The van der Waals surface area contributed by atoms with E-state index in [2.05, 4.69) is 13.8 Å². The van der Waals surface area contributed by atoms with Crippen LogP contribution in [0.5, 0.6) is 0 Å². The number of hydrogen-bond donors (Lipinski definition) is 1. The van der Waals surface area contributed by atoms with Crippen LogP contribution in [0.2, 0.25) is 0 Å². The molecular weight excluding hydrogens is 222 g/mol. The second-order valence-electron chi connectivity index (χ2n) is 4.20. The number of ether oxygens (including phenoxy) is 1. The molecule has 90 valence electrons. The van der Waals surface area contributed by atoms with Crippen molar-refractivity contribution in [1.29, 1.82) is 0 Å². The molecule has 0 saturated carbocycles. The summed E-state index contributed by atoms with van der Waals surface area (Å²) in [5.41, 5.74) is 5.76. The van der Waals surface area contributed by atoms with Gasteiger partial charge in [-0.1, -0.05) is 19.9 Å². The zero-order valence-corrected chi connectivity index (χ0v) is 10.6. The highest BCUT2D eigenvalue weighted by Gasteiger charge is 2.17. The number of nitrogens with two attached hydrogens (primary N) is 1. The zero-order chi connectivity index (χ0) is 12.0. The van der Waals surface area contributed by atoms with Crippen molar-refractivity contribution in [3.8, 4) is 0 Å². The third-order valence-corrected chi connectivity index (χ3v) is 3.23. The number of thiophene rings is 1. The first kappa shape index (κ1) is 13.2. The van der Waals surface area contributed by atoms with E-state index in [0.717, 1.165) is 17.7 Å². The van der Waals surface area contributed by atoms with Gasteiger partial charge in [0.05, 0.1) is 6.61 Å². The van der Waals surface area contributed by atoms with Crippen LogP contribution in [0.3, 0.4) is 0 Å². The third kappa shape index (κ3) is 4.33. The van der Waals surface area contributed by atoms with Gasteiger partial charge in [0.2, 0.25) is 0 Å². The number of hydrogen-bond acceptors (Lipinski definition) is 4. The second-order valence-corrected chi connectivity index (χ2v) is 5.18. The van der Waals surface area contributed by atoms with Gasteiger partial charge in [-0.25, -0.2) is 4.79 Å². The number of carbonyl (C=O) groups excluding carboxylic acids is 1. The monoisotopic (exact) mass is 241 g/mol. The normalized spacial score (nSPS) is 12.8. The Morgan fingerprint density at radius 2 is 2.31 bits per heavy atom. The Balaban J connectivity index is 2.25. The lowest BCUT2D eigenvalue weighted by atomic mass is 10.1. The Hall–Kier alpha value is -0.870. The summed E-state index contributed by atoms with van der Waals surface area (Å²) in [4.78, 5) is 12.4. The van der Waals surface area contributed by atoms with Crippen LogP contribution in [0.4, 0.5) is 0 Å². The lowest BCUT2D eigenvalue weighted by Crippen LogP contribution is -2.23. The fraction of sp³-hybridized carbons (Fsp3) is 0.583. The van der Waals surface area contributed by atoms with E-state index in [1.54, 1.807) is 0 Å². The first-order chi connectivity index (χ1) is 7.61. The highest BCUT2D eigenvalue weighted by Crippen LogP contribution is 2.17. The largest absolute Gasteiger partial charge is 0.464 e. The number of carbonyl (C=O) groups is 1. The van der Waals surface area contributed by atoms with Crippen LogP contribution in [0.15, 0.2) is 17.5 Å². The smallest absolute Gasteiger partial charge is 0.328 e. The highest BCUT2D eigenvalue weighted by molar-refractivity contribution is 7.10. The highest BCUT2D eigenvalue weighted by atomic mass is 32.1. The Morgan fingerprint density at radius 3 is 2.88 bits per heavy atom. The summed E-state index contributed by atoms with van der Waals surface area (Å²) in [6.07, 6.45) is 1.97. The molecule has 1 atom stereocenters. The van der Waals surface area contributed by atoms with Crippen molar-refractivity contribution in [3.05, 3.63) is 22.4 Å². The molecule has 1 rings (SSSR count). The minimum Gasteiger partial charge on any atom is -0.464 e. The maximum Gasteiger partial charge on any atom is 0.328 e. The van der Waals surface area contributed by atoms with E-state index >= 15 is 0 Å². The fourth-order valence-electron chi connectivity index (χ4n) is 1.34. The van der Waals surface area contributed by atoms with E-state index in [1.807, 2.05) is 17.5 Å². The summed E-state index contributed by atoms with van der Waals surface area (Å²) in [7, 11) is 0. The molecule has 2 N–H and O–H groups in total. The minimum absolute atomic E-state index is 0.328. The molecule has 1 unspecified atom stereocenters. The van der Waals surface area contributed by atoms with Crippen molar-refractivity contribution >= 4 is 17.3 Å². The molecule has 0 aromatic carbocycles. The molecule has 0 fully saturated rings. The van der Waals surface area contributed by atoms with Crippen LogP contribution in [0, 0.1) is 5.92 Å². The van der Waals surface area contributed by atoms with Gasteiger partial charge in [0.15, 0.2) is 0 Å². The quantitative estimate of drug-likeness (QED) is 0.615. The van der Waals surface area contributed by atoms with Gasteiger partial charge in [0, 0.05) is 4.88 Å². The predicted octanol–water partition coefficient (Wildman–Crippen LogP) is 2.73. The molecule has 0 radical (unpaired) electrons. The second kappa shape index (κ2) is 6.66. The van der Waals surface area contributed by atoms with Crippen molar-refractivity contribution in [2.45, 2.75) is 32.7 Å². The molecule has 0 spiro atoms. The fourth-order valence-corrected chi connectivity index (χ4v) is 2.05. The van der Waals surface area contributed by atoms with Crippen LogP contribution in [-0.4, -0.2) is 12.6 Å². The molecular formula is C12H19NO2S. The van der Waals surface area contributed by atoms with Crippen LogP contribution >= 0.6 is 11.3 Å². The lowest BCUT2D eigenvalue weighted by Gasteiger charge is -2.10.